The molecule has 5 heteroatoms. The van der Waals surface area contributed by atoms with E-state index in [1.54, 1.807) is 0 Å². The van der Waals surface area contributed by atoms with E-state index in [9.17, 15) is 4.79 Å². The predicted molar refractivity (Wildman–Crippen MR) is 86.0 cm³/mol. The Bertz CT molecular complexity index is 463. The van der Waals surface area contributed by atoms with Crippen LogP contribution in [0.2, 0.25) is 0 Å². The summed E-state index contributed by atoms with van der Waals surface area (Å²) in [5.41, 5.74) is 0.702. The van der Waals surface area contributed by atoms with Crippen LogP contribution in [0.1, 0.15) is 36.0 Å². The number of benzene rings is 1. The Labute approximate surface area is 132 Å². The third-order valence-electron chi connectivity index (χ3n) is 3.36. The molecule has 1 aromatic carbocycles. The van der Waals surface area contributed by atoms with Gasteiger partial charge in [-0.3, -0.25) is 4.79 Å². The first-order valence-electron chi connectivity index (χ1n) is 7.24. The van der Waals surface area contributed by atoms with E-state index < -0.39 is 0 Å². The van der Waals surface area contributed by atoms with Crippen LogP contribution in [0.4, 0.5) is 0 Å². The van der Waals surface area contributed by atoms with E-state index in [-0.39, 0.29) is 18.2 Å². The zero-order chi connectivity index (χ0) is 14.4. The van der Waals surface area contributed by atoms with Gasteiger partial charge in [-0.1, -0.05) is 0 Å². The molecule has 0 saturated heterocycles. The molecule has 1 aromatic rings. The first-order chi connectivity index (χ1) is 9.66. The molecule has 1 aliphatic rings. The lowest BCUT2D eigenvalue weighted by Crippen LogP contribution is -2.16. The summed E-state index contributed by atoms with van der Waals surface area (Å²) < 4.78 is 11.4. The zero-order valence-corrected chi connectivity index (χ0v) is 13.6. The Kier molecular flexibility index (Phi) is 7.54. The molecular weight excluding hydrogens is 290 g/mol. The van der Waals surface area contributed by atoms with Crippen molar-refractivity contribution in [1.29, 1.82) is 0 Å². The van der Waals surface area contributed by atoms with Crippen LogP contribution in [0, 0.1) is 0 Å². The minimum Gasteiger partial charge on any atom is -0.490 e. The number of carbonyl (C=O) groups is 1. The highest BCUT2D eigenvalue weighted by Crippen LogP contribution is 2.30. The normalized spacial score (nSPS) is 14.6. The van der Waals surface area contributed by atoms with Gasteiger partial charge in [0.1, 0.15) is 0 Å². The van der Waals surface area contributed by atoms with Crippen LogP contribution in [-0.2, 0) is 0 Å². The molecule has 0 fully saturated rings. The minimum atomic E-state index is 0. The van der Waals surface area contributed by atoms with Gasteiger partial charge in [-0.2, -0.15) is 0 Å². The van der Waals surface area contributed by atoms with Crippen LogP contribution in [0.25, 0.3) is 0 Å². The molecule has 1 heterocycles. The maximum atomic E-state index is 12.1. The van der Waals surface area contributed by atoms with Crippen LogP contribution in [-0.4, -0.2) is 44.5 Å². The van der Waals surface area contributed by atoms with E-state index >= 15 is 0 Å². The first-order valence-corrected chi connectivity index (χ1v) is 7.24. The first kappa shape index (κ1) is 17.8. The van der Waals surface area contributed by atoms with Crippen molar-refractivity contribution in [3.8, 4) is 11.5 Å². The van der Waals surface area contributed by atoms with Gasteiger partial charge in [0.05, 0.1) is 13.2 Å². The summed E-state index contributed by atoms with van der Waals surface area (Å²) in [7, 11) is 3.93. The van der Waals surface area contributed by atoms with Gasteiger partial charge in [0.15, 0.2) is 17.3 Å². The van der Waals surface area contributed by atoms with Crippen molar-refractivity contribution in [1.82, 2.24) is 4.90 Å². The number of hydrogen-bond acceptors (Lipinski definition) is 4. The van der Waals surface area contributed by atoms with Gasteiger partial charge in [0, 0.05) is 18.5 Å². The molecule has 1 aliphatic heterocycles. The van der Waals surface area contributed by atoms with Crippen LogP contribution in [0.15, 0.2) is 18.2 Å². The Morgan fingerprint density at radius 2 is 1.76 bits per heavy atom. The number of ketones is 1. The second-order valence-electron chi connectivity index (χ2n) is 5.40. The maximum absolute atomic E-state index is 12.1. The second kappa shape index (κ2) is 8.90. The summed E-state index contributed by atoms with van der Waals surface area (Å²) in [5.74, 6) is 1.59. The quantitative estimate of drug-likeness (QED) is 0.800. The summed E-state index contributed by atoms with van der Waals surface area (Å²) in [6.07, 6.45) is 3.71. The Morgan fingerprint density at radius 3 is 2.43 bits per heavy atom. The lowest BCUT2D eigenvalue weighted by Gasteiger charge is -2.13. The van der Waals surface area contributed by atoms with E-state index in [2.05, 4.69) is 0 Å². The number of fused-ring (bicyclic) bond motifs is 1. The van der Waals surface area contributed by atoms with Crippen molar-refractivity contribution in [2.24, 2.45) is 0 Å². The van der Waals surface area contributed by atoms with Crippen molar-refractivity contribution >= 4 is 18.2 Å². The summed E-state index contributed by atoms with van der Waals surface area (Å²) in [6.45, 7) is 2.16. The number of hydrogen-bond donors (Lipinski definition) is 0. The van der Waals surface area contributed by atoms with E-state index in [4.69, 9.17) is 9.47 Å². The monoisotopic (exact) mass is 313 g/mol. The smallest absolute Gasteiger partial charge is 0.164 e. The summed E-state index contributed by atoms with van der Waals surface area (Å²) in [5, 5.41) is 0. The van der Waals surface area contributed by atoms with Gasteiger partial charge < -0.3 is 14.4 Å². The van der Waals surface area contributed by atoms with Gasteiger partial charge in [-0.25, -0.2) is 0 Å². The van der Waals surface area contributed by atoms with E-state index in [0.29, 0.717) is 30.9 Å². The van der Waals surface area contributed by atoms with E-state index in [0.717, 1.165) is 31.6 Å². The van der Waals surface area contributed by atoms with Gasteiger partial charge in [0.25, 0.3) is 0 Å². The molecule has 0 atom stereocenters. The Morgan fingerprint density at radius 1 is 1.10 bits per heavy atom. The molecule has 0 aromatic heterocycles. The molecule has 4 nitrogen and oxygen atoms in total. The Balaban J connectivity index is 0.00000220. The number of nitrogens with zero attached hydrogens (tertiary/aromatic N) is 1. The fourth-order valence-electron chi connectivity index (χ4n) is 2.13. The minimum absolute atomic E-state index is 0. The fourth-order valence-corrected chi connectivity index (χ4v) is 2.13. The zero-order valence-electron chi connectivity index (χ0n) is 12.8. The highest BCUT2D eigenvalue weighted by Gasteiger charge is 2.13. The number of rotatable bonds is 4. The molecule has 0 saturated carbocycles. The molecule has 118 valence electrons. The summed E-state index contributed by atoms with van der Waals surface area (Å²) >= 11 is 0. The molecular formula is C16H24ClNO3. The molecule has 0 unspecified atom stereocenters. The highest BCUT2D eigenvalue weighted by molar-refractivity contribution is 5.96. The third-order valence-corrected chi connectivity index (χ3v) is 3.36. The highest BCUT2D eigenvalue weighted by atomic mass is 35.5. The van der Waals surface area contributed by atoms with Crippen molar-refractivity contribution in [3.05, 3.63) is 23.8 Å². The molecule has 0 N–H and O–H groups in total. The number of carbonyl (C=O) groups excluding carboxylic acids is 1. The molecule has 0 spiro atoms. The topological polar surface area (TPSA) is 38.8 Å². The lowest BCUT2D eigenvalue weighted by atomic mass is 10.1. The van der Waals surface area contributed by atoms with Gasteiger partial charge in [0.2, 0.25) is 0 Å². The van der Waals surface area contributed by atoms with Crippen molar-refractivity contribution in [2.75, 3.05) is 33.9 Å². The predicted octanol–water partition coefficient (Wildman–Crippen LogP) is 3.18. The second-order valence-corrected chi connectivity index (χ2v) is 5.40. The van der Waals surface area contributed by atoms with Crippen LogP contribution >= 0.6 is 12.4 Å². The number of Topliss-reactive ketones (excluding diaryl/α,β-unsaturated/α-hetero) is 1. The third kappa shape index (κ3) is 5.56. The molecule has 0 aliphatic carbocycles. The molecule has 21 heavy (non-hydrogen) atoms. The van der Waals surface area contributed by atoms with Crippen LogP contribution < -0.4 is 9.47 Å². The molecule has 2 rings (SSSR count). The van der Waals surface area contributed by atoms with E-state index in [1.165, 1.54) is 0 Å². The van der Waals surface area contributed by atoms with Crippen molar-refractivity contribution in [3.63, 3.8) is 0 Å². The average molecular weight is 314 g/mol. The van der Waals surface area contributed by atoms with Crippen LogP contribution in [0.3, 0.4) is 0 Å². The summed E-state index contributed by atoms with van der Waals surface area (Å²) in [4.78, 5) is 14.1. The van der Waals surface area contributed by atoms with E-state index in [1.807, 2.05) is 37.2 Å². The van der Waals surface area contributed by atoms with Gasteiger partial charge in [-0.15, -0.1) is 12.4 Å². The standard InChI is InChI=1S/C16H23NO3.ClH/c1-17(2)9-8-14(18)13-6-7-15-16(12-13)20-11-5-3-4-10-19-15;/h6-7,12H,3-5,8-11H2,1-2H3;1H. The molecule has 0 radical (unpaired) electrons. The van der Waals surface area contributed by atoms with Gasteiger partial charge >= 0.3 is 0 Å². The lowest BCUT2D eigenvalue weighted by molar-refractivity contribution is 0.0972. The number of ether oxygens (including phenoxy) is 2. The average Bonchev–Trinajstić information content (AvgIpc) is 2.55. The molecule has 0 amide bonds. The fraction of sp³-hybridized carbons (Fsp3) is 0.562. The Hall–Kier alpha value is -1.26. The SMILES string of the molecule is CN(C)CCC(=O)c1ccc2c(c1)OCCCCCO2.Cl. The summed E-state index contributed by atoms with van der Waals surface area (Å²) in [6, 6.07) is 5.50. The number of halogens is 1. The van der Waals surface area contributed by atoms with Gasteiger partial charge in [-0.05, 0) is 51.6 Å². The van der Waals surface area contributed by atoms with Crippen molar-refractivity contribution < 1.29 is 14.3 Å². The van der Waals surface area contributed by atoms with Crippen LogP contribution in [0.5, 0.6) is 11.5 Å². The maximum Gasteiger partial charge on any atom is 0.164 e. The van der Waals surface area contributed by atoms with Crippen molar-refractivity contribution in [2.45, 2.75) is 25.7 Å². The largest absolute Gasteiger partial charge is 0.490 e. The molecule has 0 bridgehead atoms.